The fraction of sp³-hybridized carbons (Fsp3) is 0.438. The second-order valence-electron chi connectivity index (χ2n) is 5.13. The molecule has 0 fully saturated rings. The lowest BCUT2D eigenvalue weighted by molar-refractivity contribution is 0.234. The summed E-state index contributed by atoms with van der Waals surface area (Å²) in [4.78, 5) is 4.28. The largest absolute Gasteiger partial charge is 0.473 e. The van der Waals surface area contributed by atoms with Gasteiger partial charge in [-0.25, -0.2) is 4.98 Å². The van der Waals surface area contributed by atoms with Gasteiger partial charge < -0.3 is 14.6 Å². The lowest BCUT2D eigenvalue weighted by atomic mass is 10.3. The van der Waals surface area contributed by atoms with E-state index in [2.05, 4.69) is 40.3 Å². The van der Waals surface area contributed by atoms with E-state index < -0.39 is 0 Å². The summed E-state index contributed by atoms with van der Waals surface area (Å²) in [7, 11) is 0. The Bertz CT molecular complexity index is 534. The smallest absolute Gasteiger partial charge is 0.237 e. The zero-order chi connectivity index (χ0) is 14.4. The Labute approximate surface area is 120 Å². The van der Waals surface area contributed by atoms with E-state index in [4.69, 9.17) is 4.74 Å². The molecule has 4 nitrogen and oxygen atoms in total. The molecule has 2 heterocycles. The van der Waals surface area contributed by atoms with Crippen molar-refractivity contribution in [2.24, 2.45) is 0 Å². The molecule has 0 bridgehead atoms. The molecule has 108 valence electrons. The fourth-order valence-electron chi connectivity index (χ4n) is 2.03. The number of nitrogens with one attached hydrogen (secondary N) is 1. The third-order valence-electron chi connectivity index (χ3n) is 2.89. The van der Waals surface area contributed by atoms with Crippen LogP contribution in [0.2, 0.25) is 0 Å². The fourth-order valence-corrected chi connectivity index (χ4v) is 2.03. The van der Waals surface area contributed by atoms with Crippen molar-refractivity contribution in [3.8, 4) is 5.88 Å². The van der Waals surface area contributed by atoms with Crippen molar-refractivity contribution < 1.29 is 4.74 Å². The number of aromatic nitrogens is 2. The van der Waals surface area contributed by atoms with Crippen molar-refractivity contribution in [3.63, 3.8) is 0 Å². The van der Waals surface area contributed by atoms with Crippen molar-refractivity contribution in [2.45, 2.75) is 46.4 Å². The molecule has 2 rings (SSSR count). The van der Waals surface area contributed by atoms with Crippen LogP contribution in [-0.2, 0) is 13.1 Å². The Morgan fingerprint density at radius 1 is 1.35 bits per heavy atom. The normalized spacial score (nSPS) is 10.8. The SMILES string of the molecule is CCCn1ccc(CNc2cccnc2OC(C)C)c1. The van der Waals surface area contributed by atoms with E-state index in [1.54, 1.807) is 6.20 Å². The number of hydrogen-bond acceptors (Lipinski definition) is 3. The van der Waals surface area contributed by atoms with Crippen molar-refractivity contribution >= 4 is 5.69 Å². The maximum atomic E-state index is 5.70. The lowest BCUT2D eigenvalue weighted by Crippen LogP contribution is -2.09. The Morgan fingerprint density at radius 3 is 2.95 bits per heavy atom. The number of rotatable bonds is 7. The van der Waals surface area contributed by atoms with Crippen LogP contribution >= 0.6 is 0 Å². The number of aryl methyl sites for hydroxylation is 1. The zero-order valence-electron chi connectivity index (χ0n) is 12.5. The molecule has 0 aliphatic heterocycles. The van der Waals surface area contributed by atoms with Gasteiger partial charge in [0.15, 0.2) is 0 Å². The number of pyridine rings is 1. The number of anilines is 1. The maximum Gasteiger partial charge on any atom is 0.237 e. The summed E-state index contributed by atoms with van der Waals surface area (Å²) >= 11 is 0. The lowest BCUT2D eigenvalue weighted by Gasteiger charge is -2.13. The van der Waals surface area contributed by atoms with Crippen LogP contribution in [0.1, 0.15) is 32.8 Å². The van der Waals surface area contributed by atoms with E-state index in [-0.39, 0.29) is 6.10 Å². The van der Waals surface area contributed by atoms with Gasteiger partial charge in [-0.15, -0.1) is 0 Å². The maximum absolute atomic E-state index is 5.70. The van der Waals surface area contributed by atoms with E-state index in [9.17, 15) is 0 Å². The average Bonchev–Trinajstić information content (AvgIpc) is 2.85. The number of hydrogen-bond donors (Lipinski definition) is 1. The molecule has 0 spiro atoms. The highest BCUT2D eigenvalue weighted by Gasteiger charge is 2.06. The van der Waals surface area contributed by atoms with Gasteiger partial charge >= 0.3 is 0 Å². The quantitative estimate of drug-likeness (QED) is 0.836. The first kappa shape index (κ1) is 14.4. The number of nitrogens with zero attached hydrogens (tertiary/aromatic N) is 2. The highest BCUT2D eigenvalue weighted by molar-refractivity contribution is 5.52. The summed E-state index contributed by atoms with van der Waals surface area (Å²) in [5, 5.41) is 3.39. The van der Waals surface area contributed by atoms with Gasteiger partial charge in [-0.3, -0.25) is 0 Å². The van der Waals surface area contributed by atoms with Gasteiger partial charge in [0.25, 0.3) is 0 Å². The zero-order valence-corrected chi connectivity index (χ0v) is 12.5. The van der Waals surface area contributed by atoms with Gasteiger partial charge in [-0.2, -0.15) is 0 Å². The average molecular weight is 273 g/mol. The third kappa shape index (κ3) is 4.02. The molecular formula is C16H23N3O. The van der Waals surface area contributed by atoms with Crippen molar-refractivity contribution in [3.05, 3.63) is 42.4 Å². The molecule has 2 aromatic rings. The molecule has 0 amide bonds. The molecule has 0 atom stereocenters. The van der Waals surface area contributed by atoms with E-state index in [0.717, 1.165) is 25.2 Å². The molecule has 0 saturated carbocycles. The second-order valence-corrected chi connectivity index (χ2v) is 5.13. The van der Waals surface area contributed by atoms with Gasteiger partial charge in [0, 0.05) is 31.7 Å². The number of ether oxygens (including phenoxy) is 1. The van der Waals surface area contributed by atoms with Crippen molar-refractivity contribution in [1.29, 1.82) is 0 Å². The molecule has 2 aromatic heterocycles. The van der Waals surface area contributed by atoms with E-state index in [1.807, 2.05) is 26.0 Å². The van der Waals surface area contributed by atoms with Crippen LogP contribution in [-0.4, -0.2) is 15.7 Å². The standard InChI is InChI=1S/C16H23N3O/c1-4-9-19-10-7-14(12-19)11-18-15-6-5-8-17-16(15)20-13(2)3/h5-8,10,12-13,18H,4,9,11H2,1-3H3. The molecule has 4 heteroatoms. The minimum Gasteiger partial charge on any atom is -0.473 e. The highest BCUT2D eigenvalue weighted by Crippen LogP contribution is 2.22. The summed E-state index contributed by atoms with van der Waals surface area (Å²) in [5.74, 6) is 0.662. The Morgan fingerprint density at radius 2 is 2.20 bits per heavy atom. The van der Waals surface area contributed by atoms with Crippen LogP contribution < -0.4 is 10.1 Å². The summed E-state index contributed by atoms with van der Waals surface area (Å²) in [6.07, 6.45) is 7.32. The van der Waals surface area contributed by atoms with Crippen LogP contribution in [0.15, 0.2) is 36.8 Å². The molecule has 0 aliphatic carbocycles. The van der Waals surface area contributed by atoms with E-state index in [0.29, 0.717) is 5.88 Å². The molecule has 0 aromatic carbocycles. The van der Waals surface area contributed by atoms with Crippen molar-refractivity contribution in [2.75, 3.05) is 5.32 Å². The minimum absolute atomic E-state index is 0.121. The summed E-state index contributed by atoms with van der Waals surface area (Å²) in [6.45, 7) is 8.03. The van der Waals surface area contributed by atoms with Gasteiger partial charge in [0.1, 0.15) is 0 Å². The van der Waals surface area contributed by atoms with Crippen LogP contribution in [0.5, 0.6) is 5.88 Å². The minimum atomic E-state index is 0.121. The molecule has 1 N–H and O–H groups in total. The molecule has 0 radical (unpaired) electrons. The highest BCUT2D eigenvalue weighted by atomic mass is 16.5. The first-order valence-electron chi connectivity index (χ1n) is 7.19. The molecular weight excluding hydrogens is 250 g/mol. The topological polar surface area (TPSA) is 39.1 Å². The summed E-state index contributed by atoms with van der Waals surface area (Å²) < 4.78 is 7.91. The van der Waals surface area contributed by atoms with Gasteiger partial charge in [0.2, 0.25) is 5.88 Å². The van der Waals surface area contributed by atoms with Crippen molar-refractivity contribution in [1.82, 2.24) is 9.55 Å². The summed E-state index contributed by atoms with van der Waals surface area (Å²) in [5.41, 5.74) is 2.20. The first-order valence-corrected chi connectivity index (χ1v) is 7.19. The predicted molar refractivity (Wildman–Crippen MR) is 82.1 cm³/mol. The van der Waals surface area contributed by atoms with Crippen LogP contribution in [0.3, 0.4) is 0 Å². The molecule has 0 saturated heterocycles. The Kier molecular flexibility index (Phi) is 5.04. The monoisotopic (exact) mass is 273 g/mol. The summed E-state index contributed by atoms with van der Waals surface area (Å²) in [6, 6.07) is 6.05. The van der Waals surface area contributed by atoms with Gasteiger partial charge in [-0.05, 0) is 44.0 Å². The second kappa shape index (κ2) is 6.98. The molecule has 0 aliphatic rings. The van der Waals surface area contributed by atoms with E-state index in [1.165, 1.54) is 5.56 Å². The van der Waals surface area contributed by atoms with Gasteiger partial charge in [-0.1, -0.05) is 6.92 Å². The Balaban J connectivity index is 1.99. The first-order chi connectivity index (χ1) is 9.69. The predicted octanol–water partition coefficient (Wildman–Crippen LogP) is 3.69. The molecule has 0 unspecified atom stereocenters. The van der Waals surface area contributed by atoms with Gasteiger partial charge in [0.05, 0.1) is 11.8 Å². The van der Waals surface area contributed by atoms with Crippen LogP contribution in [0.4, 0.5) is 5.69 Å². The third-order valence-corrected chi connectivity index (χ3v) is 2.89. The van der Waals surface area contributed by atoms with Crippen LogP contribution in [0, 0.1) is 0 Å². The van der Waals surface area contributed by atoms with E-state index >= 15 is 0 Å². The Hall–Kier alpha value is -1.97. The molecule has 20 heavy (non-hydrogen) atoms. The van der Waals surface area contributed by atoms with Crippen LogP contribution in [0.25, 0.3) is 0 Å².